The predicted octanol–water partition coefficient (Wildman–Crippen LogP) is 1.97. The molecule has 0 aromatic heterocycles. The first-order valence-electron chi connectivity index (χ1n) is 6.83. The second kappa shape index (κ2) is 6.15. The van der Waals surface area contributed by atoms with E-state index < -0.39 is 0 Å². The Kier molecular flexibility index (Phi) is 4.53. The van der Waals surface area contributed by atoms with Crippen LogP contribution in [0.2, 0.25) is 0 Å². The topological polar surface area (TPSA) is 32.3 Å². The summed E-state index contributed by atoms with van der Waals surface area (Å²) >= 11 is 0. The average Bonchev–Trinajstić information content (AvgIpc) is 2.68. The number of nitrogens with zero attached hydrogens (tertiary/aromatic N) is 1. The van der Waals surface area contributed by atoms with Gasteiger partial charge in [-0.05, 0) is 24.1 Å². The first kappa shape index (κ1) is 14.0. The maximum atomic E-state index is 12.8. The Hall–Kier alpha value is -1.42. The lowest BCUT2D eigenvalue weighted by molar-refractivity contribution is -0.127. The number of hydrogen-bond donors (Lipinski definition) is 1. The number of carbonyl (C=O) groups excluding carboxylic acids is 1. The van der Waals surface area contributed by atoms with Crippen molar-refractivity contribution in [2.45, 2.75) is 38.8 Å². The molecule has 1 saturated heterocycles. The largest absolute Gasteiger partial charge is 0.341 e. The summed E-state index contributed by atoms with van der Waals surface area (Å²) in [5, 5.41) is 3.40. The summed E-state index contributed by atoms with van der Waals surface area (Å²) in [6.07, 6.45) is 1.36. The van der Waals surface area contributed by atoms with E-state index in [1.54, 1.807) is 12.1 Å². The quantitative estimate of drug-likeness (QED) is 0.882. The van der Waals surface area contributed by atoms with Crippen molar-refractivity contribution in [3.05, 3.63) is 35.6 Å². The monoisotopic (exact) mass is 264 g/mol. The number of rotatable bonds is 5. The van der Waals surface area contributed by atoms with Crippen molar-refractivity contribution >= 4 is 5.91 Å². The van der Waals surface area contributed by atoms with Gasteiger partial charge in [-0.3, -0.25) is 4.79 Å². The maximum absolute atomic E-state index is 12.8. The molecule has 4 heteroatoms. The minimum absolute atomic E-state index is 0.209. The number of halogens is 1. The van der Waals surface area contributed by atoms with Crippen molar-refractivity contribution < 1.29 is 9.18 Å². The zero-order valence-electron chi connectivity index (χ0n) is 11.5. The van der Waals surface area contributed by atoms with E-state index in [2.05, 4.69) is 19.2 Å². The molecule has 1 atom stereocenters. The Morgan fingerprint density at radius 2 is 2.05 bits per heavy atom. The Morgan fingerprint density at radius 1 is 1.37 bits per heavy atom. The molecule has 0 radical (unpaired) electrons. The van der Waals surface area contributed by atoms with E-state index >= 15 is 0 Å². The summed E-state index contributed by atoms with van der Waals surface area (Å²) < 4.78 is 12.8. The van der Waals surface area contributed by atoms with Crippen LogP contribution in [0.5, 0.6) is 0 Å². The van der Waals surface area contributed by atoms with E-state index in [9.17, 15) is 9.18 Å². The first-order chi connectivity index (χ1) is 9.04. The van der Waals surface area contributed by atoms with Crippen molar-refractivity contribution in [3.8, 4) is 0 Å². The van der Waals surface area contributed by atoms with Gasteiger partial charge in [0.05, 0.1) is 0 Å². The summed E-state index contributed by atoms with van der Waals surface area (Å²) in [5.74, 6) is -0.0116. The lowest BCUT2D eigenvalue weighted by Gasteiger charge is -2.18. The Balaban J connectivity index is 1.83. The normalized spacial score (nSPS) is 19.5. The van der Waals surface area contributed by atoms with Crippen LogP contribution in [0.3, 0.4) is 0 Å². The fourth-order valence-electron chi connectivity index (χ4n) is 2.49. The highest BCUT2D eigenvalue weighted by Gasteiger charge is 2.29. The smallest absolute Gasteiger partial charge is 0.224 e. The van der Waals surface area contributed by atoms with Gasteiger partial charge < -0.3 is 10.2 Å². The predicted molar refractivity (Wildman–Crippen MR) is 73.4 cm³/mol. The molecule has 1 aliphatic rings. The molecule has 1 N–H and O–H groups in total. The van der Waals surface area contributed by atoms with Gasteiger partial charge in [0, 0.05) is 31.6 Å². The summed E-state index contributed by atoms with van der Waals surface area (Å²) in [5.41, 5.74) is 1.06. The molecule has 1 heterocycles. The lowest BCUT2D eigenvalue weighted by atomic mass is 10.1. The second-order valence-corrected chi connectivity index (χ2v) is 5.44. The molecular formula is C15H21FN2O. The van der Waals surface area contributed by atoms with Gasteiger partial charge in [0.25, 0.3) is 0 Å². The third kappa shape index (κ3) is 4.03. The van der Waals surface area contributed by atoms with Gasteiger partial charge in [0.2, 0.25) is 5.91 Å². The molecular weight excluding hydrogens is 243 g/mol. The molecule has 0 unspecified atom stereocenters. The molecule has 0 aliphatic carbocycles. The molecule has 1 fully saturated rings. The second-order valence-electron chi connectivity index (χ2n) is 5.44. The molecule has 0 saturated carbocycles. The highest BCUT2D eigenvalue weighted by atomic mass is 19.1. The molecule has 2 rings (SSSR count). The highest BCUT2D eigenvalue weighted by molar-refractivity contribution is 5.79. The summed E-state index contributed by atoms with van der Waals surface area (Å²) in [4.78, 5) is 13.8. The molecule has 1 amide bonds. The van der Waals surface area contributed by atoms with Gasteiger partial charge in [0.15, 0.2) is 0 Å². The van der Waals surface area contributed by atoms with Crippen LogP contribution in [0.1, 0.15) is 25.8 Å². The van der Waals surface area contributed by atoms with Crippen LogP contribution < -0.4 is 5.32 Å². The van der Waals surface area contributed by atoms with E-state index in [0.717, 1.165) is 18.5 Å². The molecule has 3 nitrogen and oxygen atoms in total. The van der Waals surface area contributed by atoms with Gasteiger partial charge in [-0.2, -0.15) is 0 Å². The van der Waals surface area contributed by atoms with Gasteiger partial charge in [-0.1, -0.05) is 26.0 Å². The standard InChI is InChI=1S/C15H21FN2O/c1-11(2)17-14-9-15(19)18(10-14)8-7-12-3-5-13(16)6-4-12/h3-6,11,14,17H,7-10H2,1-2H3/t14-/m1/s1. The number of nitrogens with one attached hydrogen (secondary N) is 1. The molecule has 104 valence electrons. The van der Waals surface area contributed by atoms with Crippen molar-refractivity contribution in [3.63, 3.8) is 0 Å². The van der Waals surface area contributed by atoms with Crippen LogP contribution in [0, 0.1) is 5.82 Å². The molecule has 0 bridgehead atoms. The summed E-state index contributed by atoms with van der Waals surface area (Å²) in [7, 11) is 0. The van der Waals surface area contributed by atoms with Crippen molar-refractivity contribution in [2.75, 3.05) is 13.1 Å². The molecule has 19 heavy (non-hydrogen) atoms. The fourth-order valence-corrected chi connectivity index (χ4v) is 2.49. The lowest BCUT2D eigenvalue weighted by Crippen LogP contribution is -2.37. The number of hydrogen-bond acceptors (Lipinski definition) is 2. The highest BCUT2D eigenvalue weighted by Crippen LogP contribution is 2.13. The molecule has 0 spiro atoms. The summed E-state index contributed by atoms with van der Waals surface area (Å²) in [6, 6.07) is 7.14. The van der Waals surface area contributed by atoms with Gasteiger partial charge in [-0.25, -0.2) is 4.39 Å². The molecule has 1 aromatic rings. The summed E-state index contributed by atoms with van der Waals surface area (Å²) in [6.45, 7) is 5.66. The average molecular weight is 264 g/mol. The van der Waals surface area contributed by atoms with Crippen LogP contribution in [0.4, 0.5) is 4.39 Å². The van der Waals surface area contributed by atoms with Crippen LogP contribution in [0.15, 0.2) is 24.3 Å². The van der Waals surface area contributed by atoms with Crippen molar-refractivity contribution in [1.29, 1.82) is 0 Å². The first-order valence-corrected chi connectivity index (χ1v) is 6.83. The van der Waals surface area contributed by atoms with E-state index in [4.69, 9.17) is 0 Å². The number of amides is 1. The third-order valence-electron chi connectivity index (χ3n) is 3.37. The molecule has 1 aliphatic heterocycles. The number of carbonyl (C=O) groups is 1. The zero-order chi connectivity index (χ0) is 13.8. The minimum Gasteiger partial charge on any atom is -0.341 e. The Morgan fingerprint density at radius 3 is 2.68 bits per heavy atom. The van der Waals surface area contributed by atoms with Gasteiger partial charge >= 0.3 is 0 Å². The van der Waals surface area contributed by atoms with Crippen molar-refractivity contribution in [2.24, 2.45) is 0 Å². The SMILES string of the molecule is CC(C)N[C@@H]1CC(=O)N(CCc2ccc(F)cc2)C1. The van der Waals surface area contributed by atoms with E-state index in [0.29, 0.717) is 19.0 Å². The van der Waals surface area contributed by atoms with Gasteiger partial charge in [0.1, 0.15) is 5.82 Å². The van der Waals surface area contributed by atoms with E-state index in [1.165, 1.54) is 12.1 Å². The number of likely N-dealkylation sites (tertiary alicyclic amines) is 1. The minimum atomic E-state index is -0.220. The van der Waals surface area contributed by atoms with E-state index in [1.807, 2.05) is 4.90 Å². The van der Waals surface area contributed by atoms with Crippen LogP contribution in [0.25, 0.3) is 0 Å². The maximum Gasteiger partial charge on any atom is 0.224 e. The Labute approximate surface area is 113 Å². The third-order valence-corrected chi connectivity index (χ3v) is 3.37. The fraction of sp³-hybridized carbons (Fsp3) is 0.533. The number of benzene rings is 1. The van der Waals surface area contributed by atoms with Crippen molar-refractivity contribution in [1.82, 2.24) is 10.2 Å². The van der Waals surface area contributed by atoms with E-state index in [-0.39, 0.29) is 17.8 Å². The van der Waals surface area contributed by atoms with Crippen LogP contribution in [-0.4, -0.2) is 36.0 Å². The molecule has 1 aromatic carbocycles. The Bertz CT molecular complexity index is 430. The van der Waals surface area contributed by atoms with Crippen LogP contribution in [-0.2, 0) is 11.2 Å². The van der Waals surface area contributed by atoms with Gasteiger partial charge in [-0.15, -0.1) is 0 Å². The van der Waals surface area contributed by atoms with Crippen LogP contribution >= 0.6 is 0 Å². The zero-order valence-corrected chi connectivity index (χ0v) is 11.5.